The second kappa shape index (κ2) is 4.71. The van der Waals surface area contributed by atoms with Gasteiger partial charge in [-0.15, -0.1) is 0 Å². The molecule has 0 bridgehead atoms. The first-order chi connectivity index (χ1) is 10.9. The highest BCUT2D eigenvalue weighted by atomic mass is 16.7. The molecule has 0 unspecified atom stereocenters. The first-order valence-corrected chi connectivity index (χ1v) is 7.10. The molecule has 6 N–H and O–H groups in total. The second-order valence-corrected chi connectivity index (χ2v) is 5.91. The topological polar surface area (TPSA) is 149 Å². The number of phenolic OH excluding ortho intramolecular Hbond substituents is 1. The molecule has 23 heavy (non-hydrogen) atoms. The molecule has 1 fully saturated rings. The maximum Gasteiger partial charge on any atom is 0.255 e. The Balaban J connectivity index is 1.91. The third kappa shape index (κ3) is 1.78. The summed E-state index contributed by atoms with van der Waals surface area (Å²) in [6.45, 7) is -0.117. The van der Waals surface area contributed by atoms with E-state index in [1.807, 2.05) is 0 Å². The fourth-order valence-corrected chi connectivity index (χ4v) is 3.58. The predicted molar refractivity (Wildman–Crippen MR) is 72.3 cm³/mol. The summed E-state index contributed by atoms with van der Waals surface area (Å²) in [6.07, 6.45) is -6.11. The Kier molecular flexibility index (Phi) is 2.97. The first-order valence-electron chi connectivity index (χ1n) is 7.10. The van der Waals surface area contributed by atoms with Gasteiger partial charge in [-0.05, 0) is 11.6 Å². The van der Waals surface area contributed by atoms with E-state index >= 15 is 0 Å². The normalized spacial score (nSPS) is 37.8. The zero-order valence-electron chi connectivity index (χ0n) is 11.7. The number of aromatic hydroxyl groups is 1. The van der Waals surface area contributed by atoms with Crippen LogP contribution in [0.3, 0.4) is 0 Å². The largest absolute Gasteiger partial charge is 0.504 e. The molecule has 1 amide bonds. The van der Waals surface area contributed by atoms with Crippen molar-refractivity contribution in [3.05, 3.63) is 17.2 Å². The molecule has 1 aliphatic carbocycles. The summed E-state index contributed by atoms with van der Waals surface area (Å²) >= 11 is 0. The fraction of sp³-hybridized carbons (Fsp3) is 0.500. The van der Waals surface area contributed by atoms with E-state index in [0.29, 0.717) is 0 Å². The van der Waals surface area contributed by atoms with Crippen LogP contribution in [0.15, 0.2) is 6.07 Å². The number of aliphatic hydroxyl groups excluding tert-OH is 4. The molecule has 2 heterocycles. The Morgan fingerprint density at radius 1 is 1.04 bits per heavy atom. The standard InChI is InChI=1S/C14H15NO8/c16-8-5-3-1-4-13(23-2-22-4)9(17)6(3)14(21)15-7(5)10(18)12(20)11(8)19/h1,5,7-8,10-12,16-20H,2H2,(H,15,21)/t5-,7-,8+,10+,11+,12+/m1/s1. The lowest BCUT2D eigenvalue weighted by molar-refractivity contribution is -0.155. The average molecular weight is 325 g/mol. The third-order valence-corrected chi connectivity index (χ3v) is 4.73. The Bertz CT molecular complexity index is 692. The van der Waals surface area contributed by atoms with Crippen LogP contribution in [0.5, 0.6) is 17.2 Å². The van der Waals surface area contributed by atoms with E-state index in [9.17, 15) is 30.3 Å². The van der Waals surface area contributed by atoms with Gasteiger partial charge in [-0.1, -0.05) is 0 Å². The minimum absolute atomic E-state index is 0.0313. The Hall–Kier alpha value is -2.07. The average Bonchev–Trinajstić information content (AvgIpc) is 2.99. The minimum Gasteiger partial charge on any atom is -0.504 e. The molecule has 1 aromatic rings. The molecule has 9 nitrogen and oxygen atoms in total. The molecule has 0 radical (unpaired) electrons. The molecule has 2 aliphatic heterocycles. The van der Waals surface area contributed by atoms with Gasteiger partial charge in [0.05, 0.1) is 17.7 Å². The fourth-order valence-electron chi connectivity index (χ4n) is 3.58. The van der Waals surface area contributed by atoms with Crippen LogP contribution in [-0.2, 0) is 0 Å². The van der Waals surface area contributed by atoms with Crippen molar-refractivity contribution < 1.29 is 39.8 Å². The highest BCUT2D eigenvalue weighted by Gasteiger charge is 2.53. The molecule has 3 aliphatic rings. The molecule has 0 aromatic heterocycles. The number of fused-ring (bicyclic) bond motifs is 4. The first kappa shape index (κ1) is 14.5. The van der Waals surface area contributed by atoms with Crippen molar-refractivity contribution in [2.45, 2.75) is 36.4 Å². The number of hydrogen-bond donors (Lipinski definition) is 6. The summed E-state index contributed by atoms with van der Waals surface area (Å²) < 4.78 is 10.3. The van der Waals surface area contributed by atoms with E-state index in [1.165, 1.54) is 6.07 Å². The quantitative estimate of drug-likeness (QED) is 0.314. The van der Waals surface area contributed by atoms with E-state index < -0.39 is 48.0 Å². The zero-order valence-corrected chi connectivity index (χ0v) is 11.7. The highest BCUT2D eigenvalue weighted by Crippen LogP contribution is 2.49. The zero-order chi connectivity index (χ0) is 16.5. The van der Waals surface area contributed by atoms with Crippen LogP contribution in [0.25, 0.3) is 0 Å². The number of ether oxygens (including phenoxy) is 2. The SMILES string of the molecule is O=C1N[C@H]2[C@H](O)[C@H](O)[C@@H](O)[C@@H](O)[C@@H]2c2cc3c(c(O)c21)OCO3. The van der Waals surface area contributed by atoms with Gasteiger partial charge in [0, 0.05) is 5.92 Å². The summed E-state index contributed by atoms with van der Waals surface area (Å²) in [7, 11) is 0. The van der Waals surface area contributed by atoms with Crippen molar-refractivity contribution in [2.75, 3.05) is 6.79 Å². The Morgan fingerprint density at radius 2 is 1.74 bits per heavy atom. The van der Waals surface area contributed by atoms with Gasteiger partial charge in [-0.25, -0.2) is 0 Å². The molecule has 9 heteroatoms. The monoisotopic (exact) mass is 325 g/mol. The van der Waals surface area contributed by atoms with E-state index in [2.05, 4.69) is 5.32 Å². The number of hydrogen-bond acceptors (Lipinski definition) is 8. The van der Waals surface area contributed by atoms with Crippen molar-refractivity contribution in [3.63, 3.8) is 0 Å². The van der Waals surface area contributed by atoms with Crippen molar-refractivity contribution in [2.24, 2.45) is 0 Å². The van der Waals surface area contributed by atoms with Crippen LogP contribution < -0.4 is 14.8 Å². The molecule has 4 rings (SSSR count). The van der Waals surface area contributed by atoms with Crippen LogP contribution in [0.1, 0.15) is 21.8 Å². The van der Waals surface area contributed by atoms with Crippen LogP contribution in [0.2, 0.25) is 0 Å². The number of phenols is 1. The maximum absolute atomic E-state index is 12.3. The molecule has 0 saturated heterocycles. The number of carbonyl (C=O) groups is 1. The van der Waals surface area contributed by atoms with Gasteiger partial charge in [0.2, 0.25) is 12.5 Å². The van der Waals surface area contributed by atoms with E-state index in [1.54, 1.807) is 0 Å². The number of amides is 1. The number of nitrogens with one attached hydrogen (secondary N) is 1. The summed E-state index contributed by atoms with van der Waals surface area (Å²) in [4.78, 5) is 12.3. The van der Waals surface area contributed by atoms with E-state index in [0.717, 1.165) is 0 Å². The molecular weight excluding hydrogens is 310 g/mol. The molecule has 124 valence electrons. The van der Waals surface area contributed by atoms with Gasteiger partial charge >= 0.3 is 0 Å². The molecule has 6 atom stereocenters. The van der Waals surface area contributed by atoms with Crippen molar-refractivity contribution in [3.8, 4) is 17.2 Å². The lowest BCUT2D eigenvalue weighted by Gasteiger charge is -2.47. The van der Waals surface area contributed by atoms with Gasteiger partial charge in [-0.2, -0.15) is 0 Å². The van der Waals surface area contributed by atoms with Crippen molar-refractivity contribution >= 4 is 5.91 Å². The Morgan fingerprint density at radius 3 is 2.48 bits per heavy atom. The molecular formula is C14H15NO8. The summed E-state index contributed by atoms with van der Waals surface area (Å²) in [5.74, 6) is -1.78. The second-order valence-electron chi connectivity index (χ2n) is 5.91. The predicted octanol–water partition coefficient (Wildman–Crippen LogP) is -2.23. The van der Waals surface area contributed by atoms with Crippen molar-refractivity contribution in [1.82, 2.24) is 5.32 Å². The van der Waals surface area contributed by atoms with Crippen molar-refractivity contribution in [1.29, 1.82) is 0 Å². The van der Waals surface area contributed by atoms with Gasteiger partial charge in [0.15, 0.2) is 11.5 Å². The van der Waals surface area contributed by atoms with Crippen LogP contribution in [0, 0.1) is 0 Å². The highest BCUT2D eigenvalue weighted by molar-refractivity contribution is 6.01. The lowest BCUT2D eigenvalue weighted by Crippen LogP contribution is -2.66. The number of benzene rings is 1. The lowest BCUT2D eigenvalue weighted by atomic mass is 9.70. The van der Waals surface area contributed by atoms with E-state index in [-0.39, 0.29) is 29.4 Å². The van der Waals surface area contributed by atoms with Crippen LogP contribution >= 0.6 is 0 Å². The summed E-state index contributed by atoms with van der Waals surface area (Å²) in [6, 6.07) is 0.428. The maximum atomic E-state index is 12.3. The minimum atomic E-state index is -1.60. The third-order valence-electron chi connectivity index (χ3n) is 4.73. The Labute approximate surface area is 129 Å². The van der Waals surface area contributed by atoms with Crippen LogP contribution in [0.4, 0.5) is 0 Å². The summed E-state index contributed by atoms with van der Waals surface area (Å²) in [5.41, 5.74) is 0.114. The van der Waals surface area contributed by atoms with Gasteiger partial charge in [0.1, 0.15) is 18.3 Å². The van der Waals surface area contributed by atoms with Gasteiger partial charge < -0.3 is 40.3 Å². The number of carbonyl (C=O) groups excluding carboxylic acids is 1. The van der Waals surface area contributed by atoms with E-state index in [4.69, 9.17) is 9.47 Å². The number of rotatable bonds is 0. The molecule has 1 saturated carbocycles. The number of aliphatic hydroxyl groups is 4. The van der Waals surface area contributed by atoms with Crippen LogP contribution in [-0.4, -0.2) is 68.7 Å². The van der Waals surface area contributed by atoms with Gasteiger partial charge in [0.25, 0.3) is 5.91 Å². The smallest absolute Gasteiger partial charge is 0.255 e. The molecule has 0 spiro atoms. The van der Waals surface area contributed by atoms with Gasteiger partial charge in [-0.3, -0.25) is 4.79 Å². The molecule has 1 aromatic carbocycles. The summed E-state index contributed by atoms with van der Waals surface area (Å²) in [5, 5.41) is 52.9.